The summed E-state index contributed by atoms with van der Waals surface area (Å²) in [5.41, 5.74) is 2.43. The highest BCUT2D eigenvalue weighted by Crippen LogP contribution is 2.33. The van der Waals surface area contributed by atoms with Gasteiger partial charge in [0, 0.05) is 0 Å². The minimum Gasteiger partial charge on any atom is -0.391 e. The van der Waals surface area contributed by atoms with E-state index in [9.17, 15) is 5.11 Å². The van der Waals surface area contributed by atoms with E-state index in [0.29, 0.717) is 5.02 Å². The van der Waals surface area contributed by atoms with Gasteiger partial charge in [-0.2, -0.15) is 8.75 Å². The molecule has 3 rings (SSSR count). The van der Waals surface area contributed by atoms with E-state index < -0.39 is 0 Å². The van der Waals surface area contributed by atoms with Gasteiger partial charge in [-0.05, 0) is 31.4 Å². The maximum absolute atomic E-state index is 9.82. The lowest BCUT2D eigenvalue weighted by Gasteiger charge is -2.18. The van der Waals surface area contributed by atoms with Crippen molar-refractivity contribution in [2.24, 2.45) is 0 Å². The molecule has 0 unspecified atom stereocenters. The van der Waals surface area contributed by atoms with Gasteiger partial charge in [-0.1, -0.05) is 11.6 Å². The van der Waals surface area contributed by atoms with Crippen molar-refractivity contribution in [2.75, 3.05) is 5.32 Å². The molecule has 0 spiro atoms. The highest BCUT2D eigenvalue weighted by molar-refractivity contribution is 7.00. The zero-order valence-corrected chi connectivity index (χ0v) is 10.6. The molecule has 0 bridgehead atoms. The van der Waals surface area contributed by atoms with Crippen molar-refractivity contribution in [1.29, 1.82) is 0 Å². The van der Waals surface area contributed by atoms with E-state index in [1.807, 2.05) is 12.1 Å². The van der Waals surface area contributed by atoms with E-state index in [1.54, 1.807) is 0 Å². The molecule has 2 atom stereocenters. The molecule has 2 aromatic rings. The van der Waals surface area contributed by atoms with Crippen LogP contribution in [0.4, 0.5) is 5.69 Å². The molecule has 4 nitrogen and oxygen atoms in total. The van der Waals surface area contributed by atoms with E-state index in [0.717, 1.165) is 36.0 Å². The predicted octanol–water partition coefficient (Wildman–Crippen LogP) is 2.67. The maximum atomic E-state index is 9.82. The quantitative estimate of drug-likeness (QED) is 0.880. The fourth-order valence-corrected chi connectivity index (χ4v) is 3.01. The summed E-state index contributed by atoms with van der Waals surface area (Å²) in [7, 11) is 0. The summed E-state index contributed by atoms with van der Waals surface area (Å²) in [4.78, 5) is 0. The molecular formula is C11H12ClN3OS. The first kappa shape index (κ1) is 11.2. The number of hydrogen-bond donors (Lipinski definition) is 2. The molecule has 17 heavy (non-hydrogen) atoms. The average molecular weight is 270 g/mol. The Balaban J connectivity index is 1.98. The number of aliphatic hydroxyl groups excluding tert-OH is 1. The molecule has 1 saturated carbocycles. The molecule has 0 aliphatic heterocycles. The summed E-state index contributed by atoms with van der Waals surface area (Å²) < 4.78 is 8.43. The van der Waals surface area contributed by atoms with Crippen LogP contribution in [0.3, 0.4) is 0 Å². The first-order valence-corrected chi connectivity index (χ1v) is 6.72. The number of benzene rings is 1. The van der Waals surface area contributed by atoms with Gasteiger partial charge in [0.05, 0.1) is 34.6 Å². The van der Waals surface area contributed by atoms with Crippen LogP contribution < -0.4 is 5.32 Å². The van der Waals surface area contributed by atoms with Gasteiger partial charge in [-0.25, -0.2) is 0 Å². The average Bonchev–Trinajstić information content (AvgIpc) is 2.92. The molecule has 90 valence electrons. The molecule has 1 fully saturated rings. The molecule has 2 N–H and O–H groups in total. The fourth-order valence-electron chi connectivity index (χ4n) is 2.26. The second-order valence-corrected chi connectivity index (χ2v) is 5.24. The van der Waals surface area contributed by atoms with Crippen molar-refractivity contribution in [2.45, 2.75) is 31.4 Å². The first-order valence-electron chi connectivity index (χ1n) is 5.61. The van der Waals surface area contributed by atoms with Crippen LogP contribution in [-0.2, 0) is 0 Å². The van der Waals surface area contributed by atoms with Crippen molar-refractivity contribution in [3.8, 4) is 0 Å². The normalized spacial score (nSPS) is 24.4. The van der Waals surface area contributed by atoms with Crippen LogP contribution >= 0.6 is 23.3 Å². The lowest BCUT2D eigenvalue weighted by atomic mass is 10.2. The third kappa shape index (κ3) is 1.99. The van der Waals surface area contributed by atoms with Crippen molar-refractivity contribution in [1.82, 2.24) is 8.75 Å². The lowest BCUT2D eigenvalue weighted by Crippen LogP contribution is -2.28. The third-order valence-corrected chi connectivity index (χ3v) is 4.04. The van der Waals surface area contributed by atoms with Gasteiger partial charge in [-0.3, -0.25) is 0 Å². The number of halogens is 1. The van der Waals surface area contributed by atoms with Crippen molar-refractivity contribution in [3.63, 3.8) is 0 Å². The van der Waals surface area contributed by atoms with Crippen LogP contribution in [-0.4, -0.2) is 26.0 Å². The molecule has 1 aromatic carbocycles. The topological polar surface area (TPSA) is 58.0 Å². The summed E-state index contributed by atoms with van der Waals surface area (Å²) in [6.07, 6.45) is 2.56. The van der Waals surface area contributed by atoms with Crippen LogP contribution in [0.15, 0.2) is 12.1 Å². The Labute approximate surface area is 108 Å². The van der Waals surface area contributed by atoms with Crippen molar-refractivity contribution in [3.05, 3.63) is 17.2 Å². The van der Waals surface area contributed by atoms with Gasteiger partial charge < -0.3 is 10.4 Å². The van der Waals surface area contributed by atoms with Crippen LogP contribution in [0.25, 0.3) is 11.0 Å². The van der Waals surface area contributed by atoms with Crippen LogP contribution in [0.1, 0.15) is 19.3 Å². The Morgan fingerprint density at radius 1 is 1.35 bits per heavy atom. The number of aliphatic hydroxyl groups is 1. The molecule has 1 aliphatic rings. The Morgan fingerprint density at radius 2 is 2.24 bits per heavy atom. The number of fused-ring (bicyclic) bond motifs is 1. The van der Waals surface area contributed by atoms with Crippen LogP contribution in [0.5, 0.6) is 0 Å². The molecule has 1 aromatic heterocycles. The summed E-state index contributed by atoms with van der Waals surface area (Å²) in [5.74, 6) is 0. The number of nitrogens with zero attached hydrogens (tertiary/aromatic N) is 2. The predicted molar refractivity (Wildman–Crippen MR) is 69.7 cm³/mol. The first-order chi connectivity index (χ1) is 8.25. The molecular weight excluding hydrogens is 258 g/mol. The summed E-state index contributed by atoms with van der Waals surface area (Å²) in [6.45, 7) is 0. The van der Waals surface area contributed by atoms with Gasteiger partial charge in [0.25, 0.3) is 0 Å². The lowest BCUT2D eigenvalue weighted by molar-refractivity contribution is 0.172. The number of rotatable bonds is 2. The SMILES string of the molecule is O[C@@H]1CCC[C@H]1Nc1c(Cl)ccc2nsnc12. The molecule has 0 radical (unpaired) electrons. The third-order valence-electron chi connectivity index (χ3n) is 3.19. The largest absolute Gasteiger partial charge is 0.391 e. The zero-order valence-electron chi connectivity index (χ0n) is 9.06. The summed E-state index contributed by atoms with van der Waals surface area (Å²) >= 11 is 7.35. The molecule has 6 heteroatoms. The Hall–Kier alpha value is -0.910. The minimum absolute atomic E-state index is 0.0693. The van der Waals surface area contributed by atoms with Crippen molar-refractivity contribution < 1.29 is 5.11 Å². The highest BCUT2D eigenvalue weighted by Gasteiger charge is 2.26. The maximum Gasteiger partial charge on any atom is 0.129 e. The van der Waals surface area contributed by atoms with E-state index in [2.05, 4.69) is 14.1 Å². The number of aromatic nitrogens is 2. The standard InChI is InChI=1S/C11H12ClN3OS/c12-6-4-5-8-11(15-17-14-8)10(6)13-7-2-1-3-9(7)16/h4-5,7,9,13,16H,1-3H2/t7-,9-/m1/s1. The molecule has 1 heterocycles. The summed E-state index contributed by atoms with van der Waals surface area (Å²) in [5, 5.41) is 13.8. The van der Waals surface area contributed by atoms with Gasteiger partial charge in [-0.15, -0.1) is 0 Å². The van der Waals surface area contributed by atoms with Gasteiger partial charge in [0.2, 0.25) is 0 Å². The van der Waals surface area contributed by atoms with Gasteiger partial charge in [0.1, 0.15) is 11.0 Å². The van der Waals surface area contributed by atoms with E-state index in [1.165, 1.54) is 11.7 Å². The molecule has 0 amide bonds. The second kappa shape index (κ2) is 4.40. The number of nitrogens with one attached hydrogen (secondary N) is 1. The van der Waals surface area contributed by atoms with Crippen LogP contribution in [0, 0.1) is 0 Å². The molecule has 1 aliphatic carbocycles. The fraction of sp³-hybridized carbons (Fsp3) is 0.455. The van der Waals surface area contributed by atoms with E-state index in [4.69, 9.17) is 11.6 Å². The van der Waals surface area contributed by atoms with E-state index >= 15 is 0 Å². The number of anilines is 1. The van der Waals surface area contributed by atoms with Crippen LogP contribution in [0.2, 0.25) is 5.02 Å². The van der Waals surface area contributed by atoms with Crippen molar-refractivity contribution >= 4 is 40.0 Å². The second-order valence-electron chi connectivity index (χ2n) is 4.30. The smallest absolute Gasteiger partial charge is 0.129 e. The Kier molecular flexibility index (Phi) is 2.90. The molecule has 0 saturated heterocycles. The number of hydrogen-bond acceptors (Lipinski definition) is 5. The Morgan fingerprint density at radius 3 is 3.00 bits per heavy atom. The monoisotopic (exact) mass is 269 g/mol. The minimum atomic E-state index is -0.298. The highest BCUT2D eigenvalue weighted by atomic mass is 35.5. The van der Waals surface area contributed by atoms with E-state index in [-0.39, 0.29) is 12.1 Å². The van der Waals surface area contributed by atoms with Gasteiger partial charge >= 0.3 is 0 Å². The summed E-state index contributed by atoms with van der Waals surface area (Å²) in [6, 6.07) is 3.74. The van der Waals surface area contributed by atoms with Gasteiger partial charge in [0.15, 0.2) is 0 Å². The zero-order chi connectivity index (χ0) is 11.8. The Bertz CT molecular complexity index is 544.